The van der Waals surface area contributed by atoms with Gasteiger partial charge in [-0.1, -0.05) is 36.6 Å². The molecule has 1 amide bonds. The van der Waals surface area contributed by atoms with Gasteiger partial charge in [-0.05, 0) is 49.6 Å². The van der Waals surface area contributed by atoms with Crippen molar-refractivity contribution in [3.63, 3.8) is 0 Å². The topological polar surface area (TPSA) is 75.6 Å². The first-order valence-electron chi connectivity index (χ1n) is 11.4. The first-order chi connectivity index (χ1) is 15.6. The number of rotatable bonds is 6. The van der Waals surface area contributed by atoms with E-state index in [1.54, 1.807) is 0 Å². The van der Waals surface area contributed by atoms with Crippen molar-refractivity contribution in [3.8, 4) is 0 Å². The Hall–Kier alpha value is -2.86. The zero-order valence-corrected chi connectivity index (χ0v) is 19.0. The molecule has 0 unspecified atom stereocenters. The molecule has 6 nitrogen and oxygen atoms in total. The van der Waals surface area contributed by atoms with E-state index < -0.39 is 0 Å². The fourth-order valence-corrected chi connectivity index (χ4v) is 5.13. The molecule has 2 heterocycles. The molecule has 2 atom stereocenters. The third kappa shape index (κ3) is 4.11. The van der Waals surface area contributed by atoms with Gasteiger partial charge in [0.2, 0.25) is 5.91 Å². The van der Waals surface area contributed by atoms with E-state index in [1.807, 2.05) is 36.4 Å². The van der Waals surface area contributed by atoms with E-state index in [0.717, 1.165) is 72.2 Å². The van der Waals surface area contributed by atoms with Gasteiger partial charge in [0.25, 0.3) is 0 Å². The van der Waals surface area contributed by atoms with Crippen molar-refractivity contribution in [1.29, 1.82) is 0 Å². The Morgan fingerprint density at radius 3 is 2.88 bits per heavy atom. The Morgan fingerprint density at radius 1 is 1.16 bits per heavy atom. The molecule has 0 bridgehead atoms. The van der Waals surface area contributed by atoms with E-state index in [1.165, 1.54) is 0 Å². The molecule has 1 aliphatic carbocycles. The van der Waals surface area contributed by atoms with Gasteiger partial charge < -0.3 is 14.9 Å². The molecule has 32 heavy (non-hydrogen) atoms. The number of nitrogens with zero attached hydrogens (tertiary/aromatic N) is 3. The maximum atomic E-state index is 13.1. The molecule has 0 spiro atoms. The highest BCUT2D eigenvalue weighted by Crippen LogP contribution is 2.37. The van der Waals surface area contributed by atoms with Crippen molar-refractivity contribution >= 4 is 39.6 Å². The number of carbonyl (C=O) groups is 1. The maximum Gasteiger partial charge on any atom is 0.223 e. The number of hydrogen-bond donors (Lipinski definition) is 2. The number of carbonyl (C=O) groups excluding carboxylic acids is 1. The summed E-state index contributed by atoms with van der Waals surface area (Å²) in [4.78, 5) is 26.0. The first kappa shape index (κ1) is 21.0. The summed E-state index contributed by atoms with van der Waals surface area (Å²) in [6.45, 7) is 0.654. The van der Waals surface area contributed by atoms with E-state index in [0.29, 0.717) is 11.6 Å². The van der Waals surface area contributed by atoms with Gasteiger partial charge in [-0.3, -0.25) is 4.79 Å². The van der Waals surface area contributed by atoms with Crippen LogP contribution in [0.1, 0.15) is 49.7 Å². The zero-order valence-electron chi connectivity index (χ0n) is 18.3. The number of halogens is 1. The minimum atomic E-state index is -0.0458. The lowest BCUT2D eigenvalue weighted by molar-refractivity contribution is -0.126. The summed E-state index contributed by atoms with van der Waals surface area (Å²) in [7, 11) is 2.05. The molecule has 1 fully saturated rings. The van der Waals surface area contributed by atoms with E-state index in [4.69, 9.17) is 21.6 Å². The largest absolute Gasteiger partial charge is 0.356 e. The van der Waals surface area contributed by atoms with Crippen LogP contribution >= 0.6 is 11.6 Å². The summed E-state index contributed by atoms with van der Waals surface area (Å²) >= 11 is 6.12. The molecule has 1 aliphatic rings. The number of nitrogens with one attached hydrogen (secondary N) is 2. The number of aryl methyl sites for hydroxylation is 2. The minimum Gasteiger partial charge on any atom is -0.356 e. The average Bonchev–Trinajstić information content (AvgIpc) is 3.37. The summed E-state index contributed by atoms with van der Waals surface area (Å²) in [6.07, 6.45) is 5.79. The van der Waals surface area contributed by atoms with Crippen LogP contribution in [0.15, 0.2) is 42.5 Å². The van der Waals surface area contributed by atoms with Gasteiger partial charge >= 0.3 is 0 Å². The first-order valence-corrected chi connectivity index (χ1v) is 11.8. The SMILES string of the molecule is Cn1c(CCCNC(=O)[C@H]2CCCC[C@@H]2c2nc3ccc(Cl)cc3[nH]2)nc2ccccc21. The molecule has 0 aliphatic heterocycles. The summed E-state index contributed by atoms with van der Waals surface area (Å²) in [5, 5.41) is 3.87. The standard InChI is InChI=1S/C25H28ClN5O/c1-31-22-10-5-4-9-20(22)28-23(31)11-6-14-27-25(32)18-8-3-2-7-17(18)24-29-19-13-12-16(26)15-21(19)30-24/h4-5,9-10,12-13,15,17-18H,2-3,6-8,11,14H2,1H3,(H,27,32)(H,29,30)/t17-,18-/m0/s1. The summed E-state index contributed by atoms with van der Waals surface area (Å²) < 4.78 is 2.14. The molecule has 7 heteroatoms. The molecule has 2 aromatic carbocycles. The van der Waals surface area contributed by atoms with Gasteiger partial charge in [0.15, 0.2) is 0 Å². The van der Waals surface area contributed by atoms with Crippen LogP contribution in [-0.4, -0.2) is 32.0 Å². The number of amides is 1. The number of imidazole rings is 2. The number of benzene rings is 2. The van der Waals surface area contributed by atoms with Gasteiger partial charge in [0, 0.05) is 36.9 Å². The lowest BCUT2D eigenvalue weighted by atomic mass is 9.78. The van der Waals surface area contributed by atoms with Crippen LogP contribution in [0.3, 0.4) is 0 Å². The Balaban J connectivity index is 1.21. The number of aromatic amines is 1. The molecule has 2 aromatic heterocycles. The quantitative estimate of drug-likeness (QED) is 0.401. The van der Waals surface area contributed by atoms with Crippen LogP contribution in [0.2, 0.25) is 5.02 Å². The highest BCUT2D eigenvalue weighted by atomic mass is 35.5. The molecule has 0 radical (unpaired) electrons. The number of fused-ring (bicyclic) bond motifs is 2. The van der Waals surface area contributed by atoms with Gasteiger partial charge in [0.05, 0.1) is 22.1 Å². The predicted molar refractivity (Wildman–Crippen MR) is 128 cm³/mol. The van der Waals surface area contributed by atoms with Crippen molar-refractivity contribution < 1.29 is 4.79 Å². The summed E-state index contributed by atoms with van der Waals surface area (Å²) in [5.41, 5.74) is 3.99. The Labute approximate surface area is 192 Å². The van der Waals surface area contributed by atoms with Crippen molar-refractivity contribution in [2.24, 2.45) is 13.0 Å². The van der Waals surface area contributed by atoms with Crippen LogP contribution in [0, 0.1) is 5.92 Å². The average molecular weight is 450 g/mol. The van der Waals surface area contributed by atoms with E-state index in [-0.39, 0.29) is 17.7 Å². The molecule has 0 saturated heterocycles. The van der Waals surface area contributed by atoms with E-state index in [2.05, 4.69) is 28.0 Å². The van der Waals surface area contributed by atoms with Crippen molar-refractivity contribution in [2.75, 3.05) is 6.54 Å². The second-order valence-electron chi connectivity index (χ2n) is 8.75. The van der Waals surface area contributed by atoms with Gasteiger partial charge in [-0.25, -0.2) is 9.97 Å². The van der Waals surface area contributed by atoms with Crippen LogP contribution in [0.4, 0.5) is 0 Å². The van der Waals surface area contributed by atoms with Crippen molar-refractivity contribution in [1.82, 2.24) is 24.8 Å². The fourth-order valence-electron chi connectivity index (χ4n) is 4.96. The normalized spacial score (nSPS) is 18.9. The highest BCUT2D eigenvalue weighted by Gasteiger charge is 2.33. The van der Waals surface area contributed by atoms with Crippen molar-refractivity contribution in [3.05, 3.63) is 59.1 Å². The smallest absolute Gasteiger partial charge is 0.223 e. The summed E-state index contributed by atoms with van der Waals surface area (Å²) in [6, 6.07) is 13.8. The van der Waals surface area contributed by atoms with E-state index >= 15 is 0 Å². The second-order valence-corrected chi connectivity index (χ2v) is 9.19. The number of H-pyrrole nitrogens is 1. The van der Waals surface area contributed by atoms with Crippen LogP contribution in [0.5, 0.6) is 0 Å². The molecular formula is C25H28ClN5O. The second kappa shape index (κ2) is 8.94. The highest BCUT2D eigenvalue weighted by molar-refractivity contribution is 6.31. The van der Waals surface area contributed by atoms with Crippen LogP contribution in [0.25, 0.3) is 22.1 Å². The predicted octanol–water partition coefficient (Wildman–Crippen LogP) is 5.13. The van der Waals surface area contributed by atoms with Gasteiger partial charge in [-0.15, -0.1) is 0 Å². The Bertz CT molecular complexity index is 1260. The van der Waals surface area contributed by atoms with E-state index in [9.17, 15) is 4.79 Å². The molecule has 2 N–H and O–H groups in total. The third-order valence-electron chi connectivity index (χ3n) is 6.67. The Kier molecular flexibility index (Phi) is 5.87. The summed E-state index contributed by atoms with van der Waals surface area (Å²) in [5.74, 6) is 2.17. The van der Waals surface area contributed by atoms with Gasteiger partial charge in [0.1, 0.15) is 11.6 Å². The molecule has 5 rings (SSSR count). The lowest BCUT2D eigenvalue weighted by Gasteiger charge is -2.29. The fraction of sp³-hybridized carbons (Fsp3) is 0.400. The monoisotopic (exact) mass is 449 g/mol. The van der Waals surface area contributed by atoms with Gasteiger partial charge in [-0.2, -0.15) is 0 Å². The lowest BCUT2D eigenvalue weighted by Crippen LogP contribution is -2.36. The number of para-hydroxylation sites is 2. The zero-order chi connectivity index (χ0) is 22.1. The molecule has 1 saturated carbocycles. The number of hydrogen-bond acceptors (Lipinski definition) is 3. The molecule has 166 valence electrons. The molecule has 4 aromatic rings. The van der Waals surface area contributed by atoms with Crippen molar-refractivity contribution in [2.45, 2.75) is 44.4 Å². The van der Waals surface area contributed by atoms with Crippen LogP contribution in [-0.2, 0) is 18.3 Å². The third-order valence-corrected chi connectivity index (χ3v) is 6.91. The number of aromatic nitrogens is 4. The van der Waals surface area contributed by atoms with Crippen LogP contribution < -0.4 is 5.32 Å². The Morgan fingerprint density at radius 2 is 2.00 bits per heavy atom. The molecular weight excluding hydrogens is 422 g/mol. The minimum absolute atomic E-state index is 0.0458. The maximum absolute atomic E-state index is 13.1.